The van der Waals surface area contributed by atoms with Crippen molar-refractivity contribution < 1.29 is 28.4 Å². The van der Waals surface area contributed by atoms with Crippen LogP contribution in [0.1, 0.15) is 119 Å². The fourth-order valence-electron chi connectivity index (χ4n) is 7.87. The van der Waals surface area contributed by atoms with Gasteiger partial charge in [-0.25, -0.2) is 0 Å². The van der Waals surface area contributed by atoms with E-state index in [0.29, 0.717) is 19.6 Å². The molecule has 324 valence electrons. The second kappa shape index (κ2) is 32.5. The van der Waals surface area contributed by atoms with Crippen LogP contribution in [0.25, 0.3) is 0 Å². The standard InChI is InChI=1S/C27H57N3.C15H33N3O6/c1-7-13-16-25(10-4)19-28-22-29(20-26(11-5)17-14-8-2)24-30(23-28)21-27(12-6)18-15-9-3;1-19-13(20-2)7-16-10-17(8-14(21-3)22-4)12-18(11-16)9-15(23-5)24-6/h25-27H,7-24H2,1-6H3;13-15H,7-12H2,1-6H3. The number of nitrogens with zero attached hydrogens (tertiary/aromatic N) is 6. The molecule has 2 aliphatic rings. The highest BCUT2D eigenvalue weighted by molar-refractivity contribution is 4.77. The van der Waals surface area contributed by atoms with Crippen molar-refractivity contribution in [1.82, 2.24) is 29.4 Å². The number of rotatable bonds is 30. The summed E-state index contributed by atoms with van der Waals surface area (Å²) in [6, 6.07) is 0. The van der Waals surface area contributed by atoms with Gasteiger partial charge >= 0.3 is 0 Å². The van der Waals surface area contributed by atoms with E-state index in [1.165, 1.54) is 117 Å². The van der Waals surface area contributed by atoms with Crippen molar-refractivity contribution in [3.63, 3.8) is 0 Å². The summed E-state index contributed by atoms with van der Waals surface area (Å²) in [5.74, 6) is 2.61. The predicted octanol–water partition coefficient (Wildman–Crippen LogP) is 7.06. The minimum atomic E-state index is -0.270. The van der Waals surface area contributed by atoms with Gasteiger partial charge in [0.2, 0.25) is 0 Å². The zero-order valence-corrected chi connectivity index (χ0v) is 37.6. The largest absolute Gasteiger partial charge is 0.355 e. The molecule has 54 heavy (non-hydrogen) atoms. The molecule has 0 spiro atoms. The molecule has 3 unspecified atom stereocenters. The molecule has 2 saturated heterocycles. The van der Waals surface area contributed by atoms with Gasteiger partial charge in [-0.15, -0.1) is 0 Å². The van der Waals surface area contributed by atoms with E-state index in [1.807, 2.05) is 0 Å². The molecular weight excluding hydrogens is 684 g/mol. The third-order valence-corrected chi connectivity index (χ3v) is 11.4. The summed E-state index contributed by atoms with van der Waals surface area (Å²) in [6.07, 6.45) is 15.6. The van der Waals surface area contributed by atoms with Gasteiger partial charge in [0.15, 0.2) is 18.9 Å². The lowest BCUT2D eigenvalue weighted by atomic mass is 9.97. The predicted molar refractivity (Wildman–Crippen MR) is 223 cm³/mol. The Kier molecular flexibility index (Phi) is 31.0. The van der Waals surface area contributed by atoms with E-state index in [1.54, 1.807) is 42.7 Å². The van der Waals surface area contributed by atoms with E-state index in [0.717, 1.165) is 37.8 Å². The first-order valence-corrected chi connectivity index (χ1v) is 21.7. The van der Waals surface area contributed by atoms with Crippen molar-refractivity contribution in [3.05, 3.63) is 0 Å². The van der Waals surface area contributed by atoms with Gasteiger partial charge in [-0.1, -0.05) is 99.3 Å². The number of methoxy groups -OCH3 is 6. The van der Waals surface area contributed by atoms with Gasteiger partial charge < -0.3 is 28.4 Å². The van der Waals surface area contributed by atoms with Crippen LogP contribution in [0.15, 0.2) is 0 Å². The van der Waals surface area contributed by atoms with Crippen LogP contribution in [-0.2, 0) is 28.4 Å². The van der Waals surface area contributed by atoms with Gasteiger partial charge in [0, 0.05) is 62.3 Å². The molecule has 3 atom stereocenters. The molecule has 2 fully saturated rings. The Morgan fingerprint density at radius 3 is 0.704 bits per heavy atom. The summed E-state index contributed by atoms with van der Waals surface area (Å²) < 4.78 is 31.9. The Labute approximate surface area is 334 Å². The molecule has 12 nitrogen and oxygen atoms in total. The minimum absolute atomic E-state index is 0.270. The topological polar surface area (TPSA) is 74.8 Å². The van der Waals surface area contributed by atoms with Gasteiger partial charge in [0.25, 0.3) is 0 Å². The third-order valence-electron chi connectivity index (χ3n) is 11.4. The van der Waals surface area contributed by atoms with Crippen molar-refractivity contribution in [2.75, 3.05) is 122 Å². The van der Waals surface area contributed by atoms with Gasteiger partial charge in [0.1, 0.15) is 0 Å². The Morgan fingerprint density at radius 2 is 0.537 bits per heavy atom. The van der Waals surface area contributed by atoms with Gasteiger partial charge in [-0.2, -0.15) is 0 Å². The monoisotopic (exact) mass is 775 g/mol. The van der Waals surface area contributed by atoms with Crippen molar-refractivity contribution in [2.45, 2.75) is 137 Å². The smallest absolute Gasteiger partial charge is 0.169 e. The second-order valence-electron chi connectivity index (χ2n) is 15.9. The summed E-state index contributed by atoms with van der Waals surface area (Å²) in [5.41, 5.74) is 0. The molecule has 0 saturated carbocycles. The maximum Gasteiger partial charge on any atom is 0.169 e. The lowest BCUT2D eigenvalue weighted by Crippen LogP contribution is -2.59. The van der Waals surface area contributed by atoms with Gasteiger partial charge in [0.05, 0.1) is 59.6 Å². The fraction of sp³-hybridized carbons (Fsp3) is 1.00. The SMILES string of the molecule is CCCCC(CC)CN1CN(CC(CC)CCCC)CN(CC(CC)CCCC)C1.COC(CN1CN(CC(OC)OC)CN(CC(OC)OC)C1)OC. The van der Waals surface area contributed by atoms with Crippen LogP contribution in [0.5, 0.6) is 0 Å². The average Bonchev–Trinajstić information content (AvgIpc) is 3.19. The summed E-state index contributed by atoms with van der Waals surface area (Å²) in [5, 5.41) is 0. The molecule has 0 amide bonds. The maximum atomic E-state index is 5.32. The number of unbranched alkanes of at least 4 members (excludes halogenated alkanes) is 3. The molecule has 0 bridgehead atoms. The number of hydrogen-bond donors (Lipinski definition) is 0. The average molecular weight is 775 g/mol. The molecule has 0 aromatic rings. The quantitative estimate of drug-likeness (QED) is 0.0702. The molecule has 0 aromatic heterocycles. The first kappa shape index (κ1) is 51.5. The van der Waals surface area contributed by atoms with Crippen LogP contribution in [0, 0.1) is 17.8 Å². The second-order valence-corrected chi connectivity index (χ2v) is 15.9. The molecule has 2 rings (SSSR count). The molecule has 0 aliphatic carbocycles. The van der Waals surface area contributed by atoms with Crippen molar-refractivity contribution in [2.24, 2.45) is 17.8 Å². The maximum absolute atomic E-state index is 5.32. The van der Waals surface area contributed by atoms with Crippen molar-refractivity contribution in [3.8, 4) is 0 Å². The number of ether oxygens (including phenoxy) is 6. The molecule has 0 radical (unpaired) electrons. The summed E-state index contributed by atoms with van der Waals surface area (Å²) in [4.78, 5) is 15.1. The number of hydrogen-bond acceptors (Lipinski definition) is 12. The molecule has 2 aliphatic heterocycles. The van der Waals surface area contributed by atoms with E-state index in [4.69, 9.17) is 28.4 Å². The molecule has 12 heteroatoms. The van der Waals surface area contributed by atoms with Crippen LogP contribution in [0.2, 0.25) is 0 Å². The van der Waals surface area contributed by atoms with Crippen molar-refractivity contribution >= 4 is 0 Å². The zero-order valence-electron chi connectivity index (χ0n) is 37.6. The third kappa shape index (κ3) is 21.9. The van der Waals surface area contributed by atoms with E-state index >= 15 is 0 Å². The van der Waals surface area contributed by atoms with Gasteiger partial charge in [-0.05, 0) is 37.0 Å². The zero-order chi connectivity index (χ0) is 40.1. The Bertz CT molecular complexity index is 723. The van der Waals surface area contributed by atoms with Crippen LogP contribution >= 0.6 is 0 Å². The highest BCUT2D eigenvalue weighted by Gasteiger charge is 2.30. The molecule has 0 N–H and O–H groups in total. The fourth-order valence-corrected chi connectivity index (χ4v) is 7.87. The van der Waals surface area contributed by atoms with E-state index in [2.05, 4.69) is 70.9 Å². The van der Waals surface area contributed by atoms with Crippen LogP contribution in [0.3, 0.4) is 0 Å². The van der Waals surface area contributed by atoms with Crippen LogP contribution < -0.4 is 0 Å². The Balaban J connectivity index is 0.000000553. The molecule has 0 aromatic carbocycles. The first-order valence-electron chi connectivity index (χ1n) is 21.7. The molecular formula is C42H90N6O6. The minimum Gasteiger partial charge on any atom is -0.355 e. The highest BCUT2D eigenvalue weighted by atomic mass is 16.7. The van der Waals surface area contributed by atoms with E-state index in [9.17, 15) is 0 Å². The summed E-state index contributed by atoms with van der Waals surface area (Å²) in [6.45, 7) is 25.9. The lowest BCUT2D eigenvalue weighted by Gasteiger charge is -2.45. The molecule has 2 heterocycles. The Hall–Kier alpha value is -0.480. The first-order chi connectivity index (χ1) is 26.2. The Morgan fingerprint density at radius 1 is 0.333 bits per heavy atom. The van der Waals surface area contributed by atoms with E-state index in [-0.39, 0.29) is 18.9 Å². The summed E-state index contributed by atoms with van der Waals surface area (Å²) in [7, 11) is 9.87. The lowest BCUT2D eigenvalue weighted by molar-refractivity contribution is -0.173. The summed E-state index contributed by atoms with van der Waals surface area (Å²) >= 11 is 0. The normalized spacial score (nSPS) is 19.2. The highest BCUT2D eigenvalue weighted by Crippen LogP contribution is 2.22. The van der Waals surface area contributed by atoms with Gasteiger partial charge in [-0.3, -0.25) is 29.4 Å². The van der Waals surface area contributed by atoms with Crippen LogP contribution in [-0.4, -0.2) is 170 Å². The van der Waals surface area contributed by atoms with Crippen LogP contribution in [0.4, 0.5) is 0 Å². The van der Waals surface area contributed by atoms with E-state index < -0.39 is 0 Å². The van der Waals surface area contributed by atoms with Crippen molar-refractivity contribution in [1.29, 1.82) is 0 Å².